The summed E-state index contributed by atoms with van der Waals surface area (Å²) in [5, 5.41) is 0. The number of hydrogen-bond donors (Lipinski definition) is 1. The van der Waals surface area contributed by atoms with Crippen LogP contribution in [0.3, 0.4) is 0 Å². The highest BCUT2D eigenvalue weighted by atomic mass is 28.6. The smallest absolute Gasteiger partial charge is 0.397 e. The molecule has 0 amide bonds. The maximum absolute atomic E-state index is 10.4. The summed E-state index contributed by atoms with van der Waals surface area (Å²) in [4.78, 5) is 10.4. The van der Waals surface area contributed by atoms with Crippen molar-refractivity contribution in [3.8, 4) is 0 Å². The van der Waals surface area contributed by atoms with E-state index in [1.54, 1.807) is 39.3 Å². The van der Waals surface area contributed by atoms with E-state index in [-0.39, 0.29) is 0 Å². The third-order valence-corrected chi connectivity index (χ3v) is 35.9. The van der Waals surface area contributed by atoms with Crippen molar-refractivity contribution < 1.29 is 50.1 Å². The average molecular weight is 525 g/mol. The zero-order valence-electron chi connectivity index (χ0n) is 16.1. The van der Waals surface area contributed by atoms with Crippen LogP contribution in [0.15, 0.2) is 0 Å². The summed E-state index contributed by atoms with van der Waals surface area (Å²) in [5.41, 5.74) is 0. The van der Waals surface area contributed by atoms with Gasteiger partial charge in [-0.15, -0.1) is 0 Å². The lowest BCUT2D eigenvalue weighted by molar-refractivity contribution is 0.0186. The van der Waals surface area contributed by atoms with Gasteiger partial charge in [0, 0.05) is 39.3 Å². The van der Waals surface area contributed by atoms with Crippen molar-refractivity contribution >= 4 is 71.6 Å². The summed E-state index contributed by atoms with van der Waals surface area (Å²) in [6.07, 6.45) is 0. The van der Waals surface area contributed by atoms with Gasteiger partial charge in [-0.25, -0.2) is 0 Å². The number of hydrogen-bond acceptors (Lipinski definition) is 12. The number of fused-ring (bicyclic) bond motifs is 4. The Labute approximate surface area is 167 Å². The van der Waals surface area contributed by atoms with Crippen LogP contribution in [0.25, 0.3) is 0 Å². The van der Waals surface area contributed by atoms with Gasteiger partial charge in [0.05, 0.1) is 0 Å². The first kappa shape index (κ1) is 21.5. The molecule has 4 heterocycles. The minimum Gasteiger partial charge on any atom is -0.397 e. The summed E-state index contributed by atoms with van der Waals surface area (Å²) in [6.45, 7) is 12.0. The van der Waals surface area contributed by atoms with Gasteiger partial charge in [-0.05, 0) is 6.55 Å². The maximum Gasteiger partial charge on any atom is 0.475 e. The normalized spacial score (nSPS) is 61.3. The standard InChI is InChI=1S/C7H24O12Si8/c1-20-9-22(2)13-24(4)11-21(8)12-25(5)14-23(3,10-20)16-26(6,15-22)19-27(7,17-24)18-25/h8,20-21H,1-7H3. The molecule has 4 saturated heterocycles. The van der Waals surface area contributed by atoms with E-state index in [4.69, 9.17) is 45.3 Å². The molecule has 4 unspecified atom stereocenters. The largest absolute Gasteiger partial charge is 0.475 e. The van der Waals surface area contributed by atoms with Crippen molar-refractivity contribution in [1.29, 1.82) is 0 Å². The van der Waals surface area contributed by atoms with Gasteiger partial charge < -0.3 is 50.1 Å². The van der Waals surface area contributed by atoms with Crippen LogP contribution in [0.5, 0.6) is 0 Å². The first-order valence-corrected chi connectivity index (χ1v) is 25.4. The van der Waals surface area contributed by atoms with Gasteiger partial charge in [0.1, 0.15) is 0 Å². The van der Waals surface area contributed by atoms with Gasteiger partial charge in [-0.1, -0.05) is 0 Å². The van der Waals surface area contributed by atoms with Gasteiger partial charge in [0.25, 0.3) is 0 Å². The molecule has 12 nitrogen and oxygen atoms in total. The summed E-state index contributed by atoms with van der Waals surface area (Å²) >= 11 is 0. The molecule has 0 saturated carbocycles. The van der Waals surface area contributed by atoms with Crippen LogP contribution in [-0.4, -0.2) is 76.4 Å². The molecule has 4 fully saturated rings. The van der Waals surface area contributed by atoms with Crippen molar-refractivity contribution in [3.63, 3.8) is 0 Å². The molecule has 0 aromatic rings. The molecule has 0 aliphatic carbocycles. The number of rotatable bonds is 0. The Bertz CT molecular complexity index is 537. The predicted octanol–water partition coefficient (Wildman–Crippen LogP) is -0.805. The van der Waals surface area contributed by atoms with E-state index in [9.17, 15) is 4.80 Å². The van der Waals surface area contributed by atoms with Crippen LogP contribution in [0.1, 0.15) is 0 Å². The Morgan fingerprint density at radius 1 is 0.481 bits per heavy atom. The van der Waals surface area contributed by atoms with Crippen molar-refractivity contribution in [2.24, 2.45) is 0 Å². The Morgan fingerprint density at radius 3 is 1.11 bits per heavy atom. The Balaban J connectivity index is 1.90. The van der Waals surface area contributed by atoms with E-state index in [0.717, 1.165) is 0 Å². The zero-order valence-corrected chi connectivity index (χ0v) is 24.4. The lowest BCUT2D eigenvalue weighted by Gasteiger charge is -2.55. The molecule has 0 aromatic heterocycles. The van der Waals surface area contributed by atoms with E-state index < -0.39 is 71.6 Å². The zero-order chi connectivity index (χ0) is 19.9. The minimum absolute atomic E-state index is 1.64. The van der Waals surface area contributed by atoms with Crippen molar-refractivity contribution in [2.45, 2.75) is 45.8 Å². The molecule has 27 heavy (non-hydrogen) atoms. The van der Waals surface area contributed by atoms with E-state index >= 15 is 0 Å². The first-order chi connectivity index (χ1) is 12.2. The maximum atomic E-state index is 10.4. The molecular formula is C7H24O12Si8. The minimum atomic E-state index is -3.48. The Kier molecular flexibility index (Phi) is 5.08. The van der Waals surface area contributed by atoms with E-state index in [2.05, 4.69) is 0 Å². The summed E-state index contributed by atoms with van der Waals surface area (Å²) < 4.78 is 67.7. The second kappa shape index (κ2) is 6.38. The predicted molar refractivity (Wildman–Crippen MR) is 104 cm³/mol. The molecule has 4 rings (SSSR count). The van der Waals surface area contributed by atoms with Crippen LogP contribution < -0.4 is 0 Å². The van der Waals surface area contributed by atoms with Gasteiger partial charge in [0.15, 0.2) is 0 Å². The van der Waals surface area contributed by atoms with Crippen LogP contribution >= 0.6 is 0 Å². The summed E-state index contributed by atoms with van der Waals surface area (Å²) in [6, 6.07) is 0. The highest BCUT2D eigenvalue weighted by Crippen LogP contribution is 2.41. The average Bonchev–Trinajstić information content (AvgIpc) is 2.25. The lowest BCUT2D eigenvalue weighted by Crippen LogP contribution is -2.80. The molecular weight excluding hydrogens is 501 g/mol. The molecule has 6 bridgehead atoms. The molecule has 20 heteroatoms. The molecule has 1 N–H and O–H groups in total. The van der Waals surface area contributed by atoms with Gasteiger partial charge in [-0.3, -0.25) is 0 Å². The molecule has 0 radical (unpaired) electrons. The van der Waals surface area contributed by atoms with Crippen molar-refractivity contribution in [3.05, 3.63) is 0 Å². The van der Waals surface area contributed by atoms with E-state index in [1.807, 2.05) is 6.55 Å². The fraction of sp³-hybridized carbons (Fsp3) is 1.00. The quantitative estimate of drug-likeness (QED) is 0.399. The Hall–Kier alpha value is 1.26. The van der Waals surface area contributed by atoms with Gasteiger partial charge in [-0.2, -0.15) is 0 Å². The highest BCUT2D eigenvalue weighted by Gasteiger charge is 2.72. The van der Waals surface area contributed by atoms with Gasteiger partial charge >= 0.3 is 71.6 Å². The van der Waals surface area contributed by atoms with Crippen molar-refractivity contribution in [2.75, 3.05) is 0 Å². The van der Waals surface area contributed by atoms with Crippen LogP contribution in [0, 0.1) is 0 Å². The first-order valence-electron chi connectivity index (χ1n) is 8.45. The van der Waals surface area contributed by atoms with E-state index in [0.29, 0.717) is 0 Å². The molecule has 0 spiro atoms. The molecule has 0 aromatic carbocycles. The monoisotopic (exact) mass is 524 g/mol. The molecule has 4 aliphatic rings. The summed E-state index contributed by atoms with van der Waals surface area (Å²) in [5.74, 6) is 0. The molecule has 156 valence electrons. The van der Waals surface area contributed by atoms with Gasteiger partial charge in [0.2, 0.25) is 0 Å². The third-order valence-electron chi connectivity index (χ3n) is 3.99. The summed E-state index contributed by atoms with van der Waals surface area (Å²) in [7, 11) is -26.0. The molecule has 4 atom stereocenters. The fourth-order valence-electron chi connectivity index (χ4n) is 3.78. The SMILES string of the molecule is C[SiH]1O[Si]2(C)O[Si]3(C)O[SiH](O)O[Si]4(C)O[Si](C)(O1)O[Si](C)(O2)O[Si](C)(O3)O4. The molecule has 4 aliphatic heterocycles. The lowest BCUT2D eigenvalue weighted by atomic mass is 11.9. The van der Waals surface area contributed by atoms with Crippen LogP contribution in [-0.2, 0) is 45.3 Å². The third kappa shape index (κ3) is 4.34. The van der Waals surface area contributed by atoms with Crippen LogP contribution in [0.4, 0.5) is 0 Å². The topological polar surface area (TPSA) is 122 Å². The highest BCUT2D eigenvalue weighted by molar-refractivity contribution is 6.97. The second-order valence-electron chi connectivity index (χ2n) is 7.23. The Morgan fingerprint density at radius 2 is 0.741 bits per heavy atom. The fourth-order valence-corrected chi connectivity index (χ4v) is 42.1. The second-order valence-corrected chi connectivity index (χ2v) is 28.8. The van der Waals surface area contributed by atoms with Crippen LogP contribution in [0.2, 0.25) is 45.8 Å². The van der Waals surface area contributed by atoms with E-state index in [1.165, 1.54) is 0 Å². The van der Waals surface area contributed by atoms with Crippen molar-refractivity contribution in [1.82, 2.24) is 0 Å².